The molecule has 32 heavy (non-hydrogen) atoms. The summed E-state index contributed by atoms with van der Waals surface area (Å²) >= 11 is 6.06. The van der Waals surface area contributed by atoms with Crippen molar-refractivity contribution in [3.63, 3.8) is 0 Å². The number of carbonyl (C=O) groups is 3. The Kier molecular flexibility index (Phi) is 5.89. The molecule has 3 N–H and O–H groups in total. The molecule has 2 aliphatic rings. The number of benzene rings is 1. The number of hydrogen-bond donors (Lipinski definition) is 3. The minimum Gasteiger partial charge on any atom is -0.354 e. The van der Waals surface area contributed by atoms with Crippen LogP contribution >= 0.6 is 11.6 Å². The lowest BCUT2D eigenvalue weighted by atomic mass is 9.71. The Morgan fingerprint density at radius 3 is 2.56 bits per heavy atom. The van der Waals surface area contributed by atoms with Gasteiger partial charge in [-0.25, -0.2) is 13.8 Å². The standard InChI is InChI=1S/C21H22ClF2N5O3/c1-25-18(30)16-17(27-10-26-16)19(31)28-11-2-4-21(5-3-11)6-7-29(20(21)32)15-9-14(24)13(23)8-12(15)22/h8-11H,2-7H2,1H3,(H,25,30)(H,26,27)(H,28,31). The number of imidazole rings is 1. The quantitative estimate of drug-likeness (QED) is 0.603. The van der Waals surface area contributed by atoms with Gasteiger partial charge in [-0.1, -0.05) is 11.6 Å². The van der Waals surface area contributed by atoms with E-state index in [0.717, 1.165) is 12.1 Å². The number of rotatable bonds is 4. The Bertz CT molecular complexity index is 1080. The lowest BCUT2D eigenvalue weighted by Crippen LogP contribution is -2.44. The minimum absolute atomic E-state index is 0.0128. The maximum Gasteiger partial charge on any atom is 0.272 e. The van der Waals surface area contributed by atoms with Crippen molar-refractivity contribution < 1.29 is 23.2 Å². The van der Waals surface area contributed by atoms with E-state index in [1.807, 2.05) is 0 Å². The third-order valence-corrected chi connectivity index (χ3v) is 6.68. The molecule has 2 heterocycles. The highest BCUT2D eigenvalue weighted by molar-refractivity contribution is 6.34. The summed E-state index contributed by atoms with van der Waals surface area (Å²) in [7, 11) is 1.46. The summed E-state index contributed by atoms with van der Waals surface area (Å²) in [5.74, 6) is -3.18. The van der Waals surface area contributed by atoms with Crippen LogP contribution in [0.4, 0.5) is 14.5 Å². The molecule has 0 unspecified atom stereocenters. The third kappa shape index (κ3) is 3.83. The molecule has 2 aromatic rings. The summed E-state index contributed by atoms with van der Waals surface area (Å²) in [5.41, 5.74) is -0.346. The van der Waals surface area contributed by atoms with Crippen molar-refractivity contribution in [2.24, 2.45) is 5.41 Å². The molecule has 11 heteroatoms. The smallest absolute Gasteiger partial charge is 0.272 e. The average molecular weight is 466 g/mol. The molecule has 1 aliphatic heterocycles. The highest BCUT2D eigenvalue weighted by Gasteiger charge is 2.49. The summed E-state index contributed by atoms with van der Waals surface area (Å²) in [6, 6.07) is 1.66. The topological polar surface area (TPSA) is 107 Å². The third-order valence-electron chi connectivity index (χ3n) is 6.38. The van der Waals surface area contributed by atoms with Crippen molar-refractivity contribution in [1.82, 2.24) is 20.6 Å². The Labute approximate surface area is 187 Å². The van der Waals surface area contributed by atoms with E-state index in [9.17, 15) is 23.2 Å². The van der Waals surface area contributed by atoms with Crippen molar-refractivity contribution in [2.75, 3.05) is 18.5 Å². The Morgan fingerprint density at radius 2 is 1.88 bits per heavy atom. The van der Waals surface area contributed by atoms with Crippen LogP contribution in [0.3, 0.4) is 0 Å². The highest BCUT2D eigenvalue weighted by atomic mass is 35.5. The van der Waals surface area contributed by atoms with Gasteiger partial charge in [-0.05, 0) is 38.2 Å². The van der Waals surface area contributed by atoms with Gasteiger partial charge in [-0.15, -0.1) is 0 Å². The number of H-pyrrole nitrogens is 1. The molecule has 1 spiro atoms. The zero-order chi connectivity index (χ0) is 23.0. The number of aromatic amines is 1. The number of halogens is 3. The molecule has 8 nitrogen and oxygen atoms in total. The average Bonchev–Trinajstić information content (AvgIpc) is 3.38. The molecule has 1 aromatic carbocycles. The number of amides is 3. The molecule has 3 amide bonds. The van der Waals surface area contributed by atoms with E-state index in [-0.39, 0.29) is 34.0 Å². The van der Waals surface area contributed by atoms with Crippen LogP contribution in [0.25, 0.3) is 0 Å². The molecule has 2 fully saturated rings. The highest BCUT2D eigenvalue weighted by Crippen LogP contribution is 2.47. The maximum absolute atomic E-state index is 13.7. The zero-order valence-electron chi connectivity index (χ0n) is 17.3. The number of carbonyl (C=O) groups excluding carboxylic acids is 3. The van der Waals surface area contributed by atoms with Crippen LogP contribution in [0.1, 0.15) is 53.1 Å². The number of nitrogens with one attached hydrogen (secondary N) is 3. The van der Waals surface area contributed by atoms with Crippen LogP contribution in [0.2, 0.25) is 5.02 Å². The molecule has 1 aromatic heterocycles. The first-order valence-corrected chi connectivity index (χ1v) is 10.7. The second-order valence-electron chi connectivity index (χ2n) is 8.16. The van der Waals surface area contributed by atoms with Crippen molar-refractivity contribution >= 4 is 35.0 Å². The van der Waals surface area contributed by atoms with Gasteiger partial charge >= 0.3 is 0 Å². The van der Waals surface area contributed by atoms with Gasteiger partial charge in [-0.3, -0.25) is 14.4 Å². The van der Waals surface area contributed by atoms with E-state index >= 15 is 0 Å². The number of hydrogen-bond acceptors (Lipinski definition) is 4. The second kappa shape index (κ2) is 8.50. The molecule has 0 radical (unpaired) electrons. The lowest BCUT2D eigenvalue weighted by Gasteiger charge is -2.36. The van der Waals surface area contributed by atoms with Crippen molar-refractivity contribution in [2.45, 2.75) is 38.1 Å². The first-order valence-electron chi connectivity index (χ1n) is 10.3. The van der Waals surface area contributed by atoms with E-state index in [2.05, 4.69) is 20.6 Å². The minimum atomic E-state index is -1.06. The van der Waals surface area contributed by atoms with E-state index in [1.165, 1.54) is 18.3 Å². The molecule has 0 bridgehead atoms. The van der Waals surface area contributed by atoms with Gasteiger partial charge in [0.25, 0.3) is 11.8 Å². The van der Waals surface area contributed by atoms with Crippen LogP contribution in [-0.4, -0.2) is 47.3 Å². The molecule has 1 aliphatic carbocycles. The Hall–Kier alpha value is -3.01. The summed E-state index contributed by atoms with van der Waals surface area (Å²) in [5, 5.41) is 5.32. The van der Waals surface area contributed by atoms with E-state index in [1.54, 1.807) is 0 Å². The summed E-state index contributed by atoms with van der Waals surface area (Å²) in [6.07, 6.45) is 4.06. The zero-order valence-corrected chi connectivity index (χ0v) is 18.1. The maximum atomic E-state index is 13.7. The van der Waals surface area contributed by atoms with Gasteiger partial charge in [0.1, 0.15) is 5.69 Å². The predicted molar refractivity (Wildman–Crippen MR) is 112 cm³/mol. The predicted octanol–water partition coefficient (Wildman–Crippen LogP) is 2.80. The van der Waals surface area contributed by atoms with Crippen molar-refractivity contribution in [3.05, 3.63) is 46.5 Å². The molecule has 170 valence electrons. The molecular formula is C21H22ClF2N5O3. The Morgan fingerprint density at radius 1 is 1.19 bits per heavy atom. The van der Waals surface area contributed by atoms with E-state index in [4.69, 9.17) is 11.6 Å². The van der Waals surface area contributed by atoms with Gasteiger partial charge in [0, 0.05) is 25.7 Å². The SMILES string of the molecule is CNC(=O)c1[nH]cnc1C(=O)NC1CCC2(CC1)CCN(c1cc(F)c(F)cc1Cl)C2=O. The lowest BCUT2D eigenvalue weighted by molar-refractivity contribution is -0.127. The van der Waals surface area contributed by atoms with E-state index < -0.39 is 28.9 Å². The van der Waals surface area contributed by atoms with Gasteiger partial charge < -0.3 is 20.5 Å². The first-order chi connectivity index (χ1) is 15.3. The first kappa shape index (κ1) is 22.2. The summed E-state index contributed by atoms with van der Waals surface area (Å²) < 4.78 is 27.1. The molecule has 4 rings (SSSR count). The van der Waals surface area contributed by atoms with Gasteiger partial charge in [-0.2, -0.15) is 0 Å². The van der Waals surface area contributed by atoms with Crippen LogP contribution in [-0.2, 0) is 4.79 Å². The van der Waals surface area contributed by atoms with Gasteiger partial charge in [0.2, 0.25) is 5.91 Å². The number of aromatic nitrogens is 2. The van der Waals surface area contributed by atoms with E-state index in [0.29, 0.717) is 38.6 Å². The summed E-state index contributed by atoms with van der Waals surface area (Å²) in [4.78, 5) is 45.7. The fraction of sp³-hybridized carbons (Fsp3) is 0.429. The van der Waals surface area contributed by atoms with Crippen LogP contribution in [0, 0.1) is 17.0 Å². The molecular weight excluding hydrogens is 444 g/mol. The van der Waals surface area contributed by atoms with Crippen LogP contribution < -0.4 is 15.5 Å². The molecule has 1 saturated heterocycles. The van der Waals surface area contributed by atoms with Crippen molar-refractivity contribution in [1.29, 1.82) is 0 Å². The van der Waals surface area contributed by atoms with Crippen LogP contribution in [0.5, 0.6) is 0 Å². The normalized spacial score (nSPS) is 22.9. The largest absolute Gasteiger partial charge is 0.354 e. The van der Waals surface area contributed by atoms with Gasteiger partial charge in [0.15, 0.2) is 17.3 Å². The number of nitrogens with zero attached hydrogens (tertiary/aromatic N) is 2. The fourth-order valence-electron chi connectivity index (χ4n) is 4.57. The molecule has 0 atom stereocenters. The van der Waals surface area contributed by atoms with Crippen molar-refractivity contribution in [3.8, 4) is 0 Å². The number of anilines is 1. The Balaban J connectivity index is 1.41. The van der Waals surface area contributed by atoms with Crippen LogP contribution in [0.15, 0.2) is 18.5 Å². The van der Waals surface area contributed by atoms with Gasteiger partial charge in [0.05, 0.1) is 22.5 Å². The second-order valence-corrected chi connectivity index (χ2v) is 8.57. The summed E-state index contributed by atoms with van der Waals surface area (Å²) in [6.45, 7) is 0.364. The molecule has 1 saturated carbocycles. The monoisotopic (exact) mass is 465 g/mol. The fourth-order valence-corrected chi connectivity index (χ4v) is 4.82.